The van der Waals surface area contributed by atoms with Crippen LogP contribution in [0.3, 0.4) is 0 Å². The Morgan fingerprint density at radius 2 is 2.00 bits per heavy atom. The Bertz CT molecular complexity index is 364. The molecule has 0 bridgehead atoms. The number of anilines is 1. The molecule has 0 radical (unpaired) electrons. The fraction of sp³-hybridized carbons (Fsp3) is 0.417. The maximum absolute atomic E-state index is 8.78. The molecule has 3 nitrogen and oxygen atoms in total. The van der Waals surface area contributed by atoms with Crippen molar-refractivity contribution in [2.24, 2.45) is 0 Å². The zero-order chi connectivity index (χ0) is 11.3. The van der Waals surface area contributed by atoms with E-state index in [-0.39, 0.29) is 0 Å². The minimum Gasteiger partial charge on any atom is -0.495 e. The lowest BCUT2D eigenvalue weighted by Gasteiger charge is -2.23. The summed E-state index contributed by atoms with van der Waals surface area (Å²) >= 11 is 0. The lowest BCUT2D eigenvalue weighted by atomic mass is 10.2. The van der Waals surface area contributed by atoms with Crippen LogP contribution in [0.15, 0.2) is 18.2 Å². The number of hydrogen-bond acceptors (Lipinski definition) is 3. The minimum absolute atomic E-state index is 0.628. The number of nitrogens with zero attached hydrogens (tertiary/aromatic N) is 2. The third-order valence-corrected chi connectivity index (χ3v) is 2.41. The molecule has 0 aliphatic carbocycles. The molecule has 0 atom stereocenters. The van der Waals surface area contributed by atoms with E-state index in [0.29, 0.717) is 5.56 Å². The van der Waals surface area contributed by atoms with Crippen LogP contribution in [0, 0.1) is 11.3 Å². The maximum Gasteiger partial charge on any atom is 0.143 e. The van der Waals surface area contributed by atoms with Crippen molar-refractivity contribution >= 4 is 5.69 Å². The molecule has 1 rings (SSSR count). The zero-order valence-corrected chi connectivity index (χ0v) is 9.45. The van der Waals surface area contributed by atoms with Gasteiger partial charge in [-0.1, -0.05) is 0 Å². The van der Waals surface area contributed by atoms with Crippen molar-refractivity contribution in [3.63, 3.8) is 0 Å². The van der Waals surface area contributed by atoms with Crippen molar-refractivity contribution in [1.82, 2.24) is 0 Å². The molecule has 0 saturated carbocycles. The van der Waals surface area contributed by atoms with Gasteiger partial charge in [-0.3, -0.25) is 0 Å². The molecule has 80 valence electrons. The van der Waals surface area contributed by atoms with Gasteiger partial charge in [0.05, 0.1) is 24.4 Å². The van der Waals surface area contributed by atoms with Crippen LogP contribution in [-0.2, 0) is 0 Å². The SMILES string of the molecule is CCN(CC)c1ccc(C#N)cc1OC. The molecule has 15 heavy (non-hydrogen) atoms. The lowest BCUT2D eigenvalue weighted by molar-refractivity contribution is 0.414. The highest BCUT2D eigenvalue weighted by atomic mass is 16.5. The van der Waals surface area contributed by atoms with Gasteiger partial charge in [-0.25, -0.2) is 0 Å². The molecular weight excluding hydrogens is 188 g/mol. The molecule has 0 aliphatic rings. The van der Waals surface area contributed by atoms with Crippen LogP contribution in [0.5, 0.6) is 5.75 Å². The van der Waals surface area contributed by atoms with Gasteiger partial charge in [0.1, 0.15) is 5.75 Å². The summed E-state index contributed by atoms with van der Waals surface area (Å²) < 4.78 is 5.28. The molecule has 0 saturated heterocycles. The Morgan fingerprint density at radius 1 is 1.33 bits per heavy atom. The van der Waals surface area contributed by atoms with Crippen molar-refractivity contribution in [3.05, 3.63) is 23.8 Å². The van der Waals surface area contributed by atoms with Crippen LogP contribution in [0.25, 0.3) is 0 Å². The van der Waals surface area contributed by atoms with Crippen molar-refractivity contribution in [2.45, 2.75) is 13.8 Å². The monoisotopic (exact) mass is 204 g/mol. The first-order valence-electron chi connectivity index (χ1n) is 5.09. The summed E-state index contributed by atoms with van der Waals surface area (Å²) in [5.41, 5.74) is 1.67. The number of benzene rings is 1. The van der Waals surface area contributed by atoms with Crippen molar-refractivity contribution < 1.29 is 4.74 Å². The van der Waals surface area contributed by atoms with Crippen molar-refractivity contribution in [1.29, 1.82) is 5.26 Å². The second kappa shape index (κ2) is 5.26. The first-order valence-corrected chi connectivity index (χ1v) is 5.09. The quantitative estimate of drug-likeness (QED) is 0.755. The third-order valence-electron chi connectivity index (χ3n) is 2.41. The number of ether oxygens (including phenoxy) is 1. The van der Waals surface area contributed by atoms with E-state index in [1.54, 1.807) is 13.2 Å². The van der Waals surface area contributed by atoms with Crippen LogP contribution in [0.1, 0.15) is 19.4 Å². The number of hydrogen-bond donors (Lipinski definition) is 0. The van der Waals surface area contributed by atoms with Gasteiger partial charge in [-0.15, -0.1) is 0 Å². The first kappa shape index (κ1) is 11.4. The fourth-order valence-electron chi connectivity index (χ4n) is 1.57. The van der Waals surface area contributed by atoms with Gasteiger partial charge in [0.2, 0.25) is 0 Å². The molecule has 0 unspecified atom stereocenters. The summed E-state index contributed by atoms with van der Waals surface area (Å²) in [6.45, 7) is 6.06. The van der Waals surface area contributed by atoms with Gasteiger partial charge in [0.25, 0.3) is 0 Å². The molecule has 1 aromatic rings. The highest BCUT2D eigenvalue weighted by molar-refractivity contribution is 5.61. The van der Waals surface area contributed by atoms with Crippen LogP contribution in [0.2, 0.25) is 0 Å². The van der Waals surface area contributed by atoms with E-state index in [9.17, 15) is 0 Å². The average molecular weight is 204 g/mol. The summed E-state index contributed by atoms with van der Waals surface area (Å²) in [7, 11) is 1.63. The second-order valence-electron chi connectivity index (χ2n) is 3.17. The van der Waals surface area contributed by atoms with Crippen LogP contribution in [-0.4, -0.2) is 20.2 Å². The summed E-state index contributed by atoms with van der Waals surface area (Å²) in [5, 5.41) is 8.78. The summed E-state index contributed by atoms with van der Waals surface area (Å²) in [4.78, 5) is 2.19. The highest BCUT2D eigenvalue weighted by Crippen LogP contribution is 2.28. The van der Waals surface area contributed by atoms with Crippen LogP contribution < -0.4 is 9.64 Å². The summed E-state index contributed by atoms with van der Waals surface area (Å²) in [6.07, 6.45) is 0. The second-order valence-corrected chi connectivity index (χ2v) is 3.17. The standard InChI is InChI=1S/C12H16N2O/c1-4-14(5-2)11-7-6-10(9-13)8-12(11)15-3/h6-8H,4-5H2,1-3H3. The third kappa shape index (κ3) is 2.41. The van der Waals surface area contributed by atoms with Gasteiger partial charge in [0, 0.05) is 19.2 Å². The largest absolute Gasteiger partial charge is 0.495 e. The molecule has 0 spiro atoms. The van der Waals surface area contributed by atoms with Crippen molar-refractivity contribution in [3.8, 4) is 11.8 Å². The van der Waals surface area contributed by atoms with Crippen LogP contribution in [0.4, 0.5) is 5.69 Å². The predicted molar refractivity (Wildman–Crippen MR) is 61.3 cm³/mol. The molecular formula is C12H16N2O. The molecule has 0 aliphatic heterocycles. The first-order chi connectivity index (χ1) is 7.26. The summed E-state index contributed by atoms with van der Waals surface area (Å²) in [6, 6.07) is 7.63. The number of methoxy groups -OCH3 is 1. The molecule has 0 amide bonds. The fourth-order valence-corrected chi connectivity index (χ4v) is 1.57. The predicted octanol–water partition coefficient (Wildman–Crippen LogP) is 2.41. The lowest BCUT2D eigenvalue weighted by Crippen LogP contribution is -2.22. The smallest absolute Gasteiger partial charge is 0.143 e. The van der Waals surface area contributed by atoms with E-state index in [2.05, 4.69) is 24.8 Å². The Kier molecular flexibility index (Phi) is 3.99. The average Bonchev–Trinajstić information content (AvgIpc) is 2.31. The van der Waals surface area contributed by atoms with Gasteiger partial charge in [-0.2, -0.15) is 5.26 Å². The Hall–Kier alpha value is -1.69. The van der Waals surface area contributed by atoms with E-state index in [1.165, 1.54) is 0 Å². The molecule has 0 N–H and O–H groups in total. The van der Waals surface area contributed by atoms with Gasteiger partial charge >= 0.3 is 0 Å². The maximum atomic E-state index is 8.78. The van der Waals surface area contributed by atoms with E-state index in [1.807, 2.05) is 12.1 Å². The Balaban J connectivity index is 3.13. The molecule has 1 aromatic carbocycles. The highest BCUT2D eigenvalue weighted by Gasteiger charge is 2.09. The zero-order valence-electron chi connectivity index (χ0n) is 9.45. The Morgan fingerprint density at radius 3 is 2.47 bits per heavy atom. The number of rotatable bonds is 4. The van der Waals surface area contributed by atoms with Gasteiger partial charge in [0.15, 0.2) is 0 Å². The Labute approximate surface area is 90.9 Å². The molecule has 0 fully saturated rings. The van der Waals surface area contributed by atoms with E-state index in [4.69, 9.17) is 10.00 Å². The van der Waals surface area contributed by atoms with Gasteiger partial charge in [-0.05, 0) is 26.0 Å². The van der Waals surface area contributed by atoms with Gasteiger partial charge < -0.3 is 9.64 Å². The summed E-state index contributed by atoms with van der Waals surface area (Å²) in [5.74, 6) is 0.762. The molecule has 0 aromatic heterocycles. The van der Waals surface area contributed by atoms with E-state index in [0.717, 1.165) is 24.5 Å². The topological polar surface area (TPSA) is 36.3 Å². The molecule has 3 heteroatoms. The van der Waals surface area contributed by atoms with E-state index < -0.39 is 0 Å². The molecule has 0 heterocycles. The number of nitriles is 1. The minimum atomic E-state index is 0.628. The van der Waals surface area contributed by atoms with Crippen LogP contribution >= 0.6 is 0 Å². The van der Waals surface area contributed by atoms with Crippen molar-refractivity contribution in [2.75, 3.05) is 25.1 Å². The van der Waals surface area contributed by atoms with E-state index >= 15 is 0 Å². The normalized spacial score (nSPS) is 9.47.